The molecule has 0 heterocycles. The second-order valence-electron chi connectivity index (χ2n) is 4.94. The van der Waals surface area contributed by atoms with Crippen molar-refractivity contribution in [2.75, 3.05) is 19.4 Å². The highest BCUT2D eigenvalue weighted by Gasteiger charge is 2.30. The van der Waals surface area contributed by atoms with E-state index in [-0.39, 0.29) is 19.4 Å². The van der Waals surface area contributed by atoms with Crippen LogP contribution in [0.15, 0.2) is 60.7 Å². The summed E-state index contributed by atoms with van der Waals surface area (Å²) >= 11 is 0. The first kappa shape index (κ1) is 19.9. The van der Waals surface area contributed by atoms with Crippen LogP contribution in [0.5, 0.6) is 11.5 Å². The van der Waals surface area contributed by atoms with Gasteiger partial charge in [0.05, 0.1) is 13.2 Å². The lowest BCUT2D eigenvalue weighted by atomic mass is 10.3. The fraction of sp³-hybridized carbons (Fsp3) is 0.235. The van der Waals surface area contributed by atoms with Crippen molar-refractivity contribution < 1.29 is 33.2 Å². The lowest BCUT2D eigenvalue weighted by Gasteiger charge is -2.16. The molecule has 0 aliphatic heterocycles. The van der Waals surface area contributed by atoms with Gasteiger partial charge in [-0.25, -0.2) is 0 Å². The summed E-state index contributed by atoms with van der Waals surface area (Å²) in [6.07, 6.45) is -0.328. The van der Waals surface area contributed by atoms with E-state index >= 15 is 0 Å². The molecule has 8 nitrogen and oxygen atoms in total. The van der Waals surface area contributed by atoms with Crippen LogP contribution in [0.3, 0.4) is 0 Å². The second-order valence-corrected chi connectivity index (χ2v) is 6.78. The highest BCUT2D eigenvalue weighted by molar-refractivity contribution is 7.53. The Kier molecular flexibility index (Phi) is 8.11. The molecule has 0 aliphatic rings. The van der Waals surface area contributed by atoms with Gasteiger partial charge in [0.15, 0.2) is 11.5 Å². The van der Waals surface area contributed by atoms with Gasteiger partial charge in [-0.1, -0.05) is 45.7 Å². The molecular weight excluding hydrogens is 361 g/mol. The molecule has 0 fully saturated rings. The smallest absolute Gasteiger partial charge is 0.418 e. The van der Waals surface area contributed by atoms with Crippen molar-refractivity contribution in [2.24, 2.45) is 0 Å². The molecule has 140 valence electrons. The Morgan fingerprint density at radius 3 is 1.88 bits per heavy atom. The van der Waals surface area contributed by atoms with Crippen LogP contribution in [0.4, 0.5) is 0 Å². The first-order chi connectivity index (χ1) is 12.6. The van der Waals surface area contributed by atoms with Crippen LogP contribution in [-0.4, -0.2) is 25.4 Å². The number of nitrogens with one attached hydrogen (secondary N) is 1. The normalized spacial score (nSPS) is 11.0. The maximum absolute atomic E-state index is 12.8. The number of esters is 1. The Bertz CT molecular complexity index is 664. The van der Waals surface area contributed by atoms with Gasteiger partial charge in [0.2, 0.25) is 0 Å². The Balaban J connectivity index is 1.94. The van der Waals surface area contributed by atoms with E-state index in [0.717, 1.165) is 0 Å². The van der Waals surface area contributed by atoms with E-state index in [1.807, 2.05) is 0 Å². The number of ether oxygens (including phenoxy) is 1. The molecule has 0 bridgehead atoms. The predicted molar refractivity (Wildman–Crippen MR) is 93.4 cm³/mol. The Labute approximate surface area is 151 Å². The molecule has 0 saturated carbocycles. The van der Waals surface area contributed by atoms with Crippen LogP contribution >= 0.6 is 7.60 Å². The van der Waals surface area contributed by atoms with E-state index in [9.17, 15) is 9.36 Å². The molecule has 0 aromatic heterocycles. The summed E-state index contributed by atoms with van der Waals surface area (Å²) in [7, 11) is -3.89. The minimum absolute atomic E-state index is 0.165. The van der Waals surface area contributed by atoms with Crippen molar-refractivity contribution in [1.82, 2.24) is 5.32 Å². The van der Waals surface area contributed by atoms with Crippen LogP contribution in [0.1, 0.15) is 6.92 Å². The lowest BCUT2D eigenvalue weighted by Crippen LogP contribution is -2.27. The van der Waals surface area contributed by atoms with E-state index in [1.165, 1.54) is 0 Å². The van der Waals surface area contributed by atoms with Crippen molar-refractivity contribution in [3.05, 3.63) is 60.7 Å². The van der Waals surface area contributed by atoms with Crippen molar-refractivity contribution in [3.8, 4) is 11.5 Å². The minimum Gasteiger partial charge on any atom is -0.465 e. The van der Waals surface area contributed by atoms with Crippen molar-refractivity contribution in [1.29, 1.82) is 0 Å². The minimum atomic E-state index is -3.89. The van der Waals surface area contributed by atoms with Crippen molar-refractivity contribution in [3.63, 3.8) is 0 Å². The van der Waals surface area contributed by atoms with E-state index in [4.69, 9.17) is 23.9 Å². The Morgan fingerprint density at radius 1 is 0.923 bits per heavy atom. The molecule has 0 radical (unpaired) electrons. The number of hydrogen-bond acceptors (Lipinski definition) is 8. The summed E-state index contributed by atoms with van der Waals surface area (Å²) in [6.45, 7) is 1.77. The van der Waals surface area contributed by atoms with E-state index in [0.29, 0.717) is 11.5 Å². The molecule has 0 atom stereocenters. The first-order valence-corrected chi connectivity index (χ1v) is 9.62. The van der Waals surface area contributed by atoms with E-state index < -0.39 is 13.6 Å². The summed E-state index contributed by atoms with van der Waals surface area (Å²) in [5.41, 5.74) is 0. The van der Waals surface area contributed by atoms with Crippen molar-refractivity contribution >= 4 is 13.6 Å². The fourth-order valence-corrected chi connectivity index (χ4v) is 2.64. The third-order valence-corrected chi connectivity index (χ3v) is 4.07. The summed E-state index contributed by atoms with van der Waals surface area (Å²) < 4.78 is 27.5. The van der Waals surface area contributed by atoms with E-state index in [2.05, 4.69) is 5.32 Å². The fourth-order valence-electron chi connectivity index (χ4n) is 1.72. The molecule has 0 amide bonds. The molecule has 9 heteroatoms. The third kappa shape index (κ3) is 7.25. The molecule has 2 aromatic rings. The van der Waals surface area contributed by atoms with E-state index in [1.54, 1.807) is 67.6 Å². The van der Waals surface area contributed by atoms with Crippen LogP contribution in [0.25, 0.3) is 0 Å². The van der Waals surface area contributed by atoms with Gasteiger partial charge in [-0.3, -0.25) is 14.7 Å². The van der Waals surface area contributed by atoms with Gasteiger partial charge in [0, 0.05) is 0 Å². The number of carbonyl (C=O) groups is 1. The average molecular weight is 381 g/mol. The summed E-state index contributed by atoms with van der Waals surface area (Å²) in [5.74, 6) is 0.176. The van der Waals surface area contributed by atoms with Gasteiger partial charge in [0.1, 0.15) is 6.29 Å². The molecular formula is C17H20NO7P. The van der Waals surface area contributed by atoms with Gasteiger partial charge >= 0.3 is 13.6 Å². The number of para-hydroxylation sites is 2. The number of hydrogen-bond donors (Lipinski definition) is 1. The first-order valence-electron chi connectivity index (χ1n) is 7.89. The summed E-state index contributed by atoms with van der Waals surface area (Å²) in [6, 6.07) is 17.0. The molecule has 2 aromatic carbocycles. The zero-order valence-corrected chi connectivity index (χ0v) is 15.1. The average Bonchev–Trinajstić information content (AvgIpc) is 2.67. The zero-order valence-electron chi connectivity index (χ0n) is 14.2. The zero-order chi connectivity index (χ0) is 18.7. The second kappa shape index (κ2) is 10.6. The van der Waals surface area contributed by atoms with Crippen LogP contribution in [0.2, 0.25) is 0 Å². The largest absolute Gasteiger partial charge is 0.465 e. The Hall–Kier alpha value is -2.38. The quantitative estimate of drug-likeness (QED) is 0.274. The molecule has 0 spiro atoms. The van der Waals surface area contributed by atoms with Gasteiger partial charge in [-0.05, 0) is 31.2 Å². The van der Waals surface area contributed by atoms with Gasteiger partial charge < -0.3 is 14.5 Å². The van der Waals surface area contributed by atoms with Crippen LogP contribution in [0, 0.1) is 0 Å². The number of rotatable bonds is 11. The lowest BCUT2D eigenvalue weighted by molar-refractivity contribution is -0.171. The highest BCUT2D eigenvalue weighted by Crippen LogP contribution is 2.47. The van der Waals surface area contributed by atoms with Crippen LogP contribution in [-0.2, 0) is 23.4 Å². The van der Waals surface area contributed by atoms with Crippen LogP contribution < -0.4 is 15.1 Å². The van der Waals surface area contributed by atoms with Gasteiger partial charge in [-0.2, -0.15) is 0 Å². The number of benzene rings is 2. The SMILES string of the molecule is CCOC(=O)CNCP(=O)(OOc1ccccc1)OOc1ccccc1. The number of carbonyl (C=O) groups excluding carboxylic acids is 1. The van der Waals surface area contributed by atoms with Crippen molar-refractivity contribution in [2.45, 2.75) is 6.92 Å². The monoisotopic (exact) mass is 381 g/mol. The molecule has 2 rings (SSSR count). The predicted octanol–water partition coefficient (Wildman–Crippen LogP) is 3.31. The topological polar surface area (TPSA) is 92.3 Å². The third-order valence-electron chi connectivity index (χ3n) is 2.86. The summed E-state index contributed by atoms with van der Waals surface area (Å²) in [5, 5.41) is 2.64. The standard InChI is InChI=1S/C17H20NO7P/c1-2-21-17(19)13-18-14-26(20,24-22-15-9-5-3-6-10-15)25-23-16-11-7-4-8-12-16/h3-12,18H,2,13-14H2,1H3. The molecule has 0 aliphatic carbocycles. The maximum atomic E-state index is 12.8. The van der Waals surface area contributed by atoms with Gasteiger partial charge in [0.25, 0.3) is 0 Å². The molecule has 0 unspecified atom stereocenters. The molecule has 26 heavy (non-hydrogen) atoms. The Morgan fingerprint density at radius 2 is 1.42 bits per heavy atom. The summed E-state index contributed by atoms with van der Waals surface area (Å²) in [4.78, 5) is 21.4. The molecule has 1 N–H and O–H groups in total. The van der Waals surface area contributed by atoms with Gasteiger partial charge in [-0.15, -0.1) is 0 Å². The highest BCUT2D eigenvalue weighted by atomic mass is 31.2. The molecule has 0 saturated heterocycles. The maximum Gasteiger partial charge on any atom is 0.418 e.